The van der Waals surface area contributed by atoms with Gasteiger partial charge in [-0.2, -0.15) is 4.98 Å². The van der Waals surface area contributed by atoms with Crippen LogP contribution in [0.3, 0.4) is 0 Å². The Bertz CT molecular complexity index is 1250. The maximum atomic E-state index is 13.2. The first-order valence-corrected chi connectivity index (χ1v) is 14.0. The first kappa shape index (κ1) is 28.8. The minimum Gasteiger partial charge on any atom is -0.494 e. The summed E-state index contributed by atoms with van der Waals surface area (Å²) >= 11 is 0. The monoisotopic (exact) mass is 548 g/mol. The molecule has 4 rings (SSSR count). The van der Waals surface area contributed by atoms with E-state index in [9.17, 15) is 9.59 Å². The highest BCUT2D eigenvalue weighted by molar-refractivity contribution is 5.78. The predicted octanol–water partition coefficient (Wildman–Crippen LogP) is 3.50. The summed E-state index contributed by atoms with van der Waals surface area (Å²) in [5.74, 6) is 2.16. The third-order valence-electron chi connectivity index (χ3n) is 6.78. The molecule has 2 N–H and O–H groups in total. The number of nitrogens with zero attached hydrogens (tertiary/aromatic N) is 6. The highest BCUT2D eigenvalue weighted by atomic mass is 16.5. The van der Waals surface area contributed by atoms with Gasteiger partial charge in [0, 0.05) is 57.6 Å². The number of carbonyl (C=O) groups excluding carboxylic acids is 2. The second-order valence-electron chi connectivity index (χ2n) is 10.2. The van der Waals surface area contributed by atoms with Crippen LogP contribution in [0.4, 0.5) is 10.6 Å². The lowest BCUT2D eigenvalue weighted by molar-refractivity contribution is -0.121. The molecule has 1 atom stereocenters. The van der Waals surface area contributed by atoms with E-state index < -0.39 is 0 Å². The molecule has 0 bridgehead atoms. The molecule has 1 unspecified atom stereocenters. The van der Waals surface area contributed by atoms with Crippen LogP contribution >= 0.6 is 0 Å². The summed E-state index contributed by atoms with van der Waals surface area (Å²) < 4.78 is 7.28. The molecule has 3 heterocycles. The molecular weight excluding hydrogens is 508 g/mol. The van der Waals surface area contributed by atoms with E-state index in [1.807, 2.05) is 50.4 Å². The van der Waals surface area contributed by atoms with Crippen molar-refractivity contribution in [1.29, 1.82) is 0 Å². The fourth-order valence-corrected chi connectivity index (χ4v) is 4.59. The molecule has 0 saturated carbocycles. The van der Waals surface area contributed by atoms with Crippen LogP contribution in [0.2, 0.25) is 0 Å². The summed E-state index contributed by atoms with van der Waals surface area (Å²) in [6.45, 7) is 11.3. The van der Waals surface area contributed by atoms with Gasteiger partial charge in [0.1, 0.15) is 17.9 Å². The first-order chi connectivity index (χ1) is 19.4. The van der Waals surface area contributed by atoms with Gasteiger partial charge in [0.2, 0.25) is 11.9 Å². The summed E-state index contributed by atoms with van der Waals surface area (Å²) in [5.41, 5.74) is 1.88. The highest BCUT2D eigenvalue weighted by Crippen LogP contribution is 2.25. The third kappa shape index (κ3) is 7.49. The summed E-state index contributed by atoms with van der Waals surface area (Å²) in [4.78, 5) is 43.7. The number of ether oxygens (including phenoxy) is 1. The predicted molar refractivity (Wildman–Crippen MR) is 154 cm³/mol. The van der Waals surface area contributed by atoms with Gasteiger partial charge in [0.15, 0.2) is 0 Å². The van der Waals surface area contributed by atoms with E-state index in [-0.39, 0.29) is 30.3 Å². The smallest absolute Gasteiger partial charge is 0.317 e. The maximum Gasteiger partial charge on any atom is 0.317 e. The standard InChI is InChI=1S/C29H40N8O3/c1-5-11-31-29(39)35-14-15-37(26-17-25(21(3)4)33-28(34-26)36-13-12-30-20-36)23(19-35)16-27(38)32-18-22-7-9-24(10-8-22)40-6-2/h7-10,12-13,17,20-21,23H,5-6,11,14-16,18-19H2,1-4H3,(H,31,39)(H,32,38). The fourth-order valence-electron chi connectivity index (χ4n) is 4.59. The van der Waals surface area contributed by atoms with Crippen LogP contribution in [0.25, 0.3) is 5.95 Å². The Morgan fingerprint density at radius 2 is 1.90 bits per heavy atom. The van der Waals surface area contributed by atoms with Crippen molar-refractivity contribution in [2.75, 3.05) is 37.7 Å². The number of aromatic nitrogens is 4. The average molecular weight is 549 g/mol. The Hall–Kier alpha value is -4.15. The highest BCUT2D eigenvalue weighted by Gasteiger charge is 2.32. The number of hydrogen-bond acceptors (Lipinski definition) is 7. The molecule has 11 heteroatoms. The van der Waals surface area contributed by atoms with Gasteiger partial charge >= 0.3 is 6.03 Å². The number of nitrogens with one attached hydrogen (secondary N) is 2. The molecule has 3 aromatic rings. The first-order valence-electron chi connectivity index (χ1n) is 14.0. The van der Waals surface area contributed by atoms with Gasteiger partial charge < -0.3 is 25.2 Å². The lowest BCUT2D eigenvalue weighted by Crippen LogP contribution is -2.58. The van der Waals surface area contributed by atoms with Crippen molar-refractivity contribution in [3.8, 4) is 11.7 Å². The Kier molecular flexibility index (Phi) is 9.93. The molecule has 0 spiro atoms. The number of rotatable bonds is 11. The van der Waals surface area contributed by atoms with E-state index in [4.69, 9.17) is 14.7 Å². The van der Waals surface area contributed by atoms with Crippen molar-refractivity contribution < 1.29 is 14.3 Å². The summed E-state index contributed by atoms with van der Waals surface area (Å²) in [5, 5.41) is 6.01. The van der Waals surface area contributed by atoms with Crippen LogP contribution in [0.5, 0.6) is 5.75 Å². The van der Waals surface area contributed by atoms with E-state index in [1.165, 1.54) is 0 Å². The number of imidazole rings is 1. The van der Waals surface area contributed by atoms with Crippen molar-refractivity contribution in [2.45, 2.75) is 59.0 Å². The van der Waals surface area contributed by atoms with Gasteiger partial charge in [0.25, 0.3) is 0 Å². The second kappa shape index (κ2) is 13.8. The van der Waals surface area contributed by atoms with Crippen molar-refractivity contribution in [3.63, 3.8) is 0 Å². The van der Waals surface area contributed by atoms with E-state index in [0.717, 1.165) is 29.2 Å². The Balaban J connectivity index is 1.53. The molecule has 1 aliphatic rings. The fraction of sp³-hybridized carbons (Fsp3) is 0.483. The molecule has 0 aliphatic carbocycles. The number of piperazine rings is 1. The zero-order valence-electron chi connectivity index (χ0n) is 23.8. The summed E-state index contributed by atoms with van der Waals surface area (Å²) in [6, 6.07) is 9.33. The van der Waals surface area contributed by atoms with Crippen LogP contribution < -0.4 is 20.3 Å². The van der Waals surface area contributed by atoms with E-state index in [0.29, 0.717) is 45.3 Å². The molecule has 0 radical (unpaired) electrons. The van der Waals surface area contributed by atoms with Gasteiger partial charge in [-0.1, -0.05) is 32.9 Å². The number of amides is 3. The quantitative estimate of drug-likeness (QED) is 0.377. The molecule has 3 amide bonds. The molecule has 1 fully saturated rings. The van der Waals surface area contributed by atoms with Gasteiger partial charge in [-0.15, -0.1) is 0 Å². The van der Waals surface area contributed by atoms with Crippen LogP contribution in [0.1, 0.15) is 57.7 Å². The van der Waals surface area contributed by atoms with E-state index >= 15 is 0 Å². The Labute approximate surface area is 236 Å². The van der Waals surface area contributed by atoms with Crippen LogP contribution in [-0.2, 0) is 11.3 Å². The summed E-state index contributed by atoms with van der Waals surface area (Å²) in [7, 11) is 0. The number of urea groups is 1. The SMILES string of the molecule is CCCNC(=O)N1CCN(c2cc(C(C)C)nc(-n3ccnc3)n2)C(CC(=O)NCc2ccc(OCC)cc2)C1. The largest absolute Gasteiger partial charge is 0.494 e. The van der Waals surface area contributed by atoms with Gasteiger partial charge in [-0.25, -0.2) is 14.8 Å². The minimum atomic E-state index is -0.257. The molecule has 40 heavy (non-hydrogen) atoms. The van der Waals surface area contributed by atoms with Crippen molar-refractivity contribution in [2.24, 2.45) is 0 Å². The summed E-state index contributed by atoms with van der Waals surface area (Å²) in [6.07, 6.45) is 6.25. The topological polar surface area (TPSA) is 118 Å². The number of benzene rings is 1. The van der Waals surface area contributed by atoms with E-state index in [2.05, 4.69) is 34.4 Å². The number of carbonyl (C=O) groups is 2. The van der Waals surface area contributed by atoms with Gasteiger partial charge in [-0.05, 0) is 37.0 Å². The molecule has 214 valence electrons. The molecule has 1 aromatic carbocycles. The molecule has 11 nitrogen and oxygen atoms in total. The molecular formula is C29H40N8O3. The van der Waals surface area contributed by atoms with Crippen LogP contribution in [0.15, 0.2) is 49.1 Å². The van der Waals surface area contributed by atoms with Gasteiger partial charge in [0.05, 0.1) is 18.3 Å². The Morgan fingerprint density at radius 1 is 1.10 bits per heavy atom. The van der Waals surface area contributed by atoms with E-state index in [1.54, 1.807) is 22.0 Å². The number of anilines is 1. The third-order valence-corrected chi connectivity index (χ3v) is 6.78. The number of hydrogen-bond donors (Lipinski definition) is 2. The second-order valence-corrected chi connectivity index (χ2v) is 10.2. The van der Waals surface area contributed by atoms with Crippen LogP contribution in [0, 0.1) is 0 Å². The average Bonchev–Trinajstić information content (AvgIpc) is 3.51. The van der Waals surface area contributed by atoms with Crippen molar-refractivity contribution >= 4 is 17.8 Å². The molecule has 1 aliphatic heterocycles. The lowest BCUT2D eigenvalue weighted by Gasteiger charge is -2.42. The van der Waals surface area contributed by atoms with Crippen molar-refractivity contribution in [1.82, 2.24) is 35.1 Å². The zero-order chi connectivity index (χ0) is 28.5. The minimum absolute atomic E-state index is 0.0901. The van der Waals surface area contributed by atoms with Crippen LogP contribution in [-0.4, -0.2) is 75.2 Å². The lowest BCUT2D eigenvalue weighted by atomic mass is 10.1. The normalized spacial score (nSPS) is 15.3. The van der Waals surface area contributed by atoms with Gasteiger partial charge in [-0.3, -0.25) is 9.36 Å². The molecule has 1 saturated heterocycles. The molecule has 2 aromatic heterocycles. The van der Waals surface area contributed by atoms with Crippen molar-refractivity contribution in [3.05, 3.63) is 60.3 Å². The zero-order valence-corrected chi connectivity index (χ0v) is 23.8. The Morgan fingerprint density at radius 3 is 2.58 bits per heavy atom. The maximum absolute atomic E-state index is 13.2.